The second-order valence-electron chi connectivity index (χ2n) is 4.31. The molecule has 0 saturated carbocycles. The van der Waals surface area contributed by atoms with E-state index in [1.165, 1.54) is 0 Å². The predicted octanol–water partition coefficient (Wildman–Crippen LogP) is 2.42. The molecule has 1 aromatic carbocycles. The molecule has 1 amide bonds. The number of methoxy groups -OCH3 is 1. The third-order valence-corrected chi connectivity index (χ3v) is 2.30. The fraction of sp³-hybridized carbons (Fsp3) is 0.462. The minimum absolute atomic E-state index is 0.0348. The van der Waals surface area contributed by atoms with Crippen molar-refractivity contribution in [2.75, 3.05) is 20.7 Å². The maximum atomic E-state index is 12.0. The molecule has 0 fully saturated rings. The zero-order valence-corrected chi connectivity index (χ0v) is 10.4. The van der Waals surface area contributed by atoms with Crippen LogP contribution in [0.1, 0.15) is 24.2 Å². The van der Waals surface area contributed by atoms with Crippen molar-refractivity contribution >= 4 is 5.91 Å². The Morgan fingerprint density at radius 2 is 2.12 bits per heavy atom. The molecule has 0 radical (unpaired) electrons. The Morgan fingerprint density at radius 1 is 1.44 bits per heavy atom. The first-order valence-electron chi connectivity index (χ1n) is 5.44. The third-order valence-electron chi connectivity index (χ3n) is 2.30. The lowest BCUT2D eigenvalue weighted by Crippen LogP contribution is -2.30. The zero-order chi connectivity index (χ0) is 12.1. The van der Waals surface area contributed by atoms with E-state index >= 15 is 0 Å². The number of carbonyl (C=O) groups excluding carboxylic acids is 1. The average Bonchev–Trinajstić information content (AvgIpc) is 2.27. The molecule has 88 valence electrons. The summed E-state index contributed by atoms with van der Waals surface area (Å²) >= 11 is 0. The number of hydrogen-bond donors (Lipinski definition) is 0. The van der Waals surface area contributed by atoms with E-state index in [1.54, 1.807) is 18.1 Å². The van der Waals surface area contributed by atoms with Gasteiger partial charge in [0.25, 0.3) is 5.91 Å². The van der Waals surface area contributed by atoms with Crippen molar-refractivity contribution in [1.82, 2.24) is 4.90 Å². The van der Waals surface area contributed by atoms with Crippen LogP contribution in [0, 0.1) is 5.92 Å². The molecule has 1 rings (SSSR count). The first-order chi connectivity index (χ1) is 7.54. The van der Waals surface area contributed by atoms with Crippen LogP contribution in [0.4, 0.5) is 0 Å². The van der Waals surface area contributed by atoms with Gasteiger partial charge in [0.2, 0.25) is 0 Å². The summed E-state index contributed by atoms with van der Waals surface area (Å²) in [5, 5.41) is 0. The highest BCUT2D eigenvalue weighted by Crippen LogP contribution is 2.14. The van der Waals surface area contributed by atoms with Crippen molar-refractivity contribution in [3.05, 3.63) is 29.8 Å². The Kier molecular flexibility index (Phi) is 4.35. The summed E-state index contributed by atoms with van der Waals surface area (Å²) in [5.41, 5.74) is 0.669. The number of carbonyl (C=O) groups is 1. The summed E-state index contributed by atoms with van der Waals surface area (Å²) in [6.07, 6.45) is 0. The molecule has 0 unspecified atom stereocenters. The molecule has 0 saturated heterocycles. The largest absolute Gasteiger partial charge is 0.497 e. The Bertz CT molecular complexity index is 361. The van der Waals surface area contributed by atoms with Gasteiger partial charge in [-0.1, -0.05) is 19.9 Å². The third kappa shape index (κ3) is 3.26. The topological polar surface area (TPSA) is 29.5 Å². The molecule has 0 N–H and O–H groups in total. The van der Waals surface area contributed by atoms with Gasteiger partial charge >= 0.3 is 0 Å². The van der Waals surface area contributed by atoms with Crippen LogP contribution in [0.5, 0.6) is 5.75 Å². The van der Waals surface area contributed by atoms with Gasteiger partial charge in [0, 0.05) is 19.2 Å². The number of benzene rings is 1. The average molecular weight is 221 g/mol. The van der Waals surface area contributed by atoms with Crippen LogP contribution in [0.3, 0.4) is 0 Å². The summed E-state index contributed by atoms with van der Waals surface area (Å²) < 4.78 is 5.10. The van der Waals surface area contributed by atoms with Gasteiger partial charge in [0.15, 0.2) is 0 Å². The van der Waals surface area contributed by atoms with Crippen molar-refractivity contribution < 1.29 is 9.53 Å². The number of amides is 1. The van der Waals surface area contributed by atoms with E-state index in [0.717, 1.165) is 6.54 Å². The maximum absolute atomic E-state index is 12.0. The molecule has 3 heteroatoms. The molecule has 0 bridgehead atoms. The lowest BCUT2D eigenvalue weighted by Gasteiger charge is -2.19. The minimum Gasteiger partial charge on any atom is -0.497 e. The van der Waals surface area contributed by atoms with Gasteiger partial charge in [-0.05, 0) is 24.1 Å². The fourth-order valence-electron chi connectivity index (χ4n) is 1.61. The van der Waals surface area contributed by atoms with Crippen LogP contribution < -0.4 is 4.74 Å². The first-order valence-corrected chi connectivity index (χ1v) is 5.44. The highest BCUT2D eigenvalue weighted by atomic mass is 16.5. The Hall–Kier alpha value is -1.51. The highest BCUT2D eigenvalue weighted by Gasteiger charge is 2.12. The molecular formula is C13H19NO2. The van der Waals surface area contributed by atoms with Crippen LogP contribution in [0.25, 0.3) is 0 Å². The Morgan fingerprint density at radius 3 is 2.69 bits per heavy atom. The smallest absolute Gasteiger partial charge is 0.253 e. The summed E-state index contributed by atoms with van der Waals surface area (Å²) in [4.78, 5) is 13.8. The predicted molar refractivity (Wildman–Crippen MR) is 64.8 cm³/mol. The van der Waals surface area contributed by atoms with E-state index in [0.29, 0.717) is 17.2 Å². The normalized spacial score (nSPS) is 10.3. The van der Waals surface area contributed by atoms with E-state index in [-0.39, 0.29) is 5.91 Å². The number of hydrogen-bond acceptors (Lipinski definition) is 2. The van der Waals surface area contributed by atoms with Gasteiger partial charge in [0.1, 0.15) is 5.75 Å². The van der Waals surface area contributed by atoms with E-state index < -0.39 is 0 Å². The SMILES string of the molecule is COc1cccc(C(=O)N(C)CC(C)C)c1. The number of ether oxygens (including phenoxy) is 1. The Labute approximate surface area is 97.0 Å². The van der Waals surface area contributed by atoms with Gasteiger partial charge in [-0.25, -0.2) is 0 Å². The molecule has 0 aliphatic carbocycles. The molecule has 0 aromatic heterocycles. The molecule has 0 heterocycles. The van der Waals surface area contributed by atoms with Gasteiger partial charge in [-0.3, -0.25) is 4.79 Å². The highest BCUT2D eigenvalue weighted by molar-refractivity contribution is 5.94. The standard InChI is InChI=1S/C13H19NO2/c1-10(2)9-14(3)13(15)11-6-5-7-12(8-11)16-4/h5-8,10H,9H2,1-4H3. The maximum Gasteiger partial charge on any atom is 0.253 e. The van der Waals surface area contributed by atoms with Crippen molar-refractivity contribution in [1.29, 1.82) is 0 Å². The van der Waals surface area contributed by atoms with E-state index in [2.05, 4.69) is 13.8 Å². The van der Waals surface area contributed by atoms with Crippen LogP contribution in [0.15, 0.2) is 24.3 Å². The second-order valence-corrected chi connectivity index (χ2v) is 4.31. The molecule has 3 nitrogen and oxygen atoms in total. The molecule has 0 spiro atoms. The lowest BCUT2D eigenvalue weighted by molar-refractivity contribution is 0.0779. The van der Waals surface area contributed by atoms with Crippen molar-refractivity contribution in [2.45, 2.75) is 13.8 Å². The molecule has 16 heavy (non-hydrogen) atoms. The van der Waals surface area contributed by atoms with Crippen molar-refractivity contribution in [2.24, 2.45) is 5.92 Å². The van der Waals surface area contributed by atoms with Gasteiger partial charge in [0.05, 0.1) is 7.11 Å². The van der Waals surface area contributed by atoms with Crippen molar-refractivity contribution in [3.8, 4) is 5.75 Å². The Balaban J connectivity index is 2.79. The molecule has 0 aliphatic heterocycles. The summed E-state index contributed by atoms with van der Waals surface area (Å²) in [5.74, 6) is 1.22. The molecular weight excluding hydrogens is 202 g/mol. The van der Waals surface area contributed by atoms with Crippen LogP contribution in [-0.2, 0) is 0 Å². The van der Waals surface area contributed by atoms with E-state index in [9.17, 15) is 4.79 Å². The summed E-state index contributed by atoms with van der Waals surface area (Å²) in [7, 11) is 3.42. The van der Waals surface area contributed by atoms with Gasteiger partial charge < -0.3 is 9.64 Å². The monoisotopic (exact) mass is 221 g/mol. The number of nitrogens with zero attached hydrogens (tertiary/aromatic N) is 1. The van der Waals surface area contributed by atoms with Crippen LogP contribution >= 0.6 is 0 Å². The fourth-order valence-corrected chi connectivity index (χ4v) is 1.61. The van der Waals surface area contributed by atoms with Gasteiger partial charge in [-0.15, -0.1) is 0 Å². The molecule has 0 aliphatic rings. The van der Waals surface area contributed by atoms with Crippen molar-refractivity contribution in [3.63, 3.8) is 0 Å². The summed E-state index contributed by atoms with van der Waals surface area (Å²) in [6, 6.07) is 7.23. The van der Waals surface area contributed by atoms with E-state index in [4.69, 9.17) is 4.74 Å². The van der Waals surface area contributed by atoms with Crippen LogP contribution in [-0.4, -0.2) is 31.5 Å². The minimum atomic E-state index is 0.0348. The zero-order valence-electron chi connectivity index (χ0n) is 10.4. The second kappa shape index (κ2) is 5.54. The quantitative estimate of drug-likeness (QED) is 0.781. The lowest BCUT2D eigenvalue weighted by atomic mass is 10.1. The van der Waals surface area contributed by atoms with E-state index in [1.807, 2.05) is 25.2 Å². The first kappa shape index (κ1) is 12.6. The molecule has 1 aromatic rings. The summed E-state index contributed by atoms with van der Waals surface area (Å²) in [6.45, 7) is 4.95. The van der Waals surface area contributed by atoms with Crippen LogP contribution in [0.2, 0.25) is 0 Å². The molecule has 0 atom stereocenters. The van der Waals surface area contributed by atoms with Gasteiger partial charge in [-0.2, -0.15) is 0 Å². The number of rotatable bonds is 4.